The molecule has 6 heteroatoms. The molecule has 3 aromatic rings. The van der Waals surface area contributed by atoms with Gasteiger partial charge in [0, 0.05) is 31.3 Å². The Labute approximate surface area is 134 Å². The van der Waals surface area contributed by atoms with Gasteiger partial charge in [-0.2, -0.15) is 0 Å². The molecule has 23 heavy (non-hydrogen) atoms. The van der Waals surface area contributed by atoms with Crippen molar-refractivity contribution in [2.24, 2.45) is 7.05 Å². The van der Waals surface area contributed by atoms with Gasteiger partial charge >= 0.3 is 0 Å². The summed E-state index contributed by atoms with van der Waals surface area (Å²) in [5, 5.41) is 0. The van der Waals surface area contributed by atoms with E-state index in [1.807, 2.05) is 49.7 Å². The van der Waals surface area contributed by atoms with E-state index in [4.69, 9.17) is 0 Å². The molecule has 2 heterocycles. The summed E-state index contributed by atoms with van der Waals surface area (Å²) >= 11 is 0. The maximum absolute atomic E-state index is 12.3. The molecule has 0 atom stereocenters. The zero-order valence-corrected chi connectivity index (χ0v) is 13.5. The predicted octanol–water partition coefficient (Wildman–Crippen LogP) is 2.51. The van der Waals surface area contributed by atoms with Crippen LogP contribution in [-0.2, 0) is 7.05 Å². The first kappa shape index (κ1) is 15.1. The average Bonchev–Trinajstić information content (AvgIpc) is 2.96. The molecule has 1 aromatic carbocycles. The van der Waals surface area contributed by atoms with Gasteiger partial charge < -0.3 is 9.47 Å². The normalized spacial score (nSPS) is 10.9. The lowest BCUT2D eigenvalue weighted by molar-refractivity contribution is 0.0773. The van der Waals surface area contributed by atoms with Crippen LogP contribution in [0.4, 0.5) is 0 Å². The van der Waals surface area contributed by atoms with E-state index in [1.165, 1.54) is 0 Å². The van der Waals surface area contributed by atoms with E-state index < -0.39 is 0 Å². The molecule has 6 nitrogen and oxygen atoms in total. The van der Waals surface area contributed by atoms with Crippen LogP contribution in [0.2, 0.25) is 0 Å². The molecular weight excluding hydrogens is 290 g/mol. The van der Waals surface area contributed by atoms with Crippen molar-refractivity contribution in [2.45, 2.75) is 13.8 Å². The molecule has 0 aliphatic rings. The van der Waals surface area contributed by atoms with Gasteiger partial charge in [-0.25, -0.2) is 15.0 Å². The number of hydrogen-bond donors (Lipinski definition) is 0. The number of nitrogens with zero attached hydrogens (tertiary/aromatic N) is 5. The number of aryl methyl sites for hydroxylation is 1. The van der Waals surface area contributed by atoms with Crippen molar-refractivity contribution in [3.63, 3.8) is 0 Å². The van der Waals surface area contributed by atoms with Crippen molar-refractivity contribution in [3.05, 3.63) is 42.4 Å². The van der Waals surface area contributed by atoms with Crippen LogP contribution in [0.25, 0.3) is 22.6 Å². The molecule has 0 aliphatic heterocycles. The average molecular weight is 309 g/mol. The van der Waals surface area contributed by atoms with Gasteiger partial charge in [0.2, 0.25) is 0 Å². The maximum Gasteiger partial charge on any atom is 0.253 e. The highest BCUT2D eigenvalue weighted by molar-refractivity contribution is 5.94. The van der Waals surface area contributed by atoms with E-state index in [0.717, 1.165) is 16.7 Å². The van der Waals surface area contributed by atoms with Crippen molar-refractivity contribution >= 4 is 17.1 Å². The first-order chi connectivity index (χ1) is 11.1. The zero-order chi connectivity index (χ0) is 16.4. The molecule has 1 amide bonds. The Hall–Kier alpha value is -2.76. The highest BCUT2D eigenvalue weighted by Gasteiger charge is 2.13. The van der Waals surface area contributed by atoms with Gasteiger partial charge in [0.15, 0.2) is 11.5 Å². The van der Waals surface area contributed by atoms with Crippen molar-refractivity contribution in [2.75, 3.05) is 13.1 Å². The third-order valence-corrected chi connectivity index (χ3v) is 3.89. The minimum atomic E-state index is 0.0459. The Morgan fingerprint density at radius 2 is 1.83 bits per heavy atom. The van der Waals surface area contributed by atoms with Crippen LogP contribution in [0, 0.1) is 0 Å². The summed E-state index contributed by atoms with van der Waals surface area (Å²) in [4.78, 5) is 27.2. The highest BCUT2D eigenvalue weighted by Crippen LogP contribution is 2.18. The van der Waals surface area contributed by atoms with E-state index in [9.17, 15) is 4.79 Å². The van der Waals surface area contributed by atoms with E-state index in [1.54, 1.807) is 17.4 Å². The first-order valence-electron chi connectivity index (χ1n) is 7.67. The minimum Gasteiger partial charge on any atom is -0.339 e. The van der Waals surface area contributed by atoms with Crippen LogP contribution >= 0.6 is 0 Å². The Morgan fingerprint density at radius 1 is 1.13 bits per heavy atom. The smallest absolute Gasteiger partial charge is 0.253 e. The Morgan fingerprint density at radius 3 is 2.48 bits per heavy atom. The number of rotatable bonds is 4. The van der Waals surface area contributed by atoms with Gasteiger partial charge in [-0.3, -0.25) is 4.79 Å². The third-order valence-electron chi connectivity index (χ3n) is 3.89. The maximum atomic E-state index is 12.3. The van der Waals surface area contributed by atoms with Gasteiger partial charge in [0.05, 0.1) is 12.5 Å². The second kappa shape index (κ2) is 6.16. The predicted molar refractivity (Wildman–Crippen MR) is 89.0 cm³/mol. The van der Waals surface area contributed by atoms with Crippen molar-refractivity contribution in [1.82, 2.24) is 24.4 Å². The number of carbonyl (C=O) groups is 1. The first-order valence-corrected chi connectivity index (χ1v) is 7.67. The number of amides is 1. The molecule has 3 rings (SSSR count). The summed E-state index contributed by atoms with van der Waals surface area (Å²) in [6.45, 7) is 5.37. The molecule has 0 N–H and O–H groups in total. The minimum absolute atomic E-state index is 0.0459. The Balaban J connectivity index is 1.91. The number of carbonyl (C=O) groups excluding carboxylic acids is 1. The summed E-state index contributed by atoms with van der Waals surface area (Å²) in [7, 11) is 1.90. The summed E-state index contributed by atoms with van der Waals surface area (Å²) in [6, 6.07) is 7.42. The number of benzene rings is 1. The molecule has 0 saturated carbocycles. The number of imidazole rings is 1. The molecular formula is C17H19N5O. The quantitative estimate of drug-likeness (QED) is 0.743. The van der Waals surface area contributed by atoms with Crippen LogP contribution in [0.3, 0.4) is 0 Å². The molecule has 0 bridgehead atoms. The second-order valence-electron chi connectivity index (χ2n) is 5.31. The summed E-state index contributed by atoms with van der Waals surface area (Å²) in [6.07, 6.45) is 3.43. The van der Waals surface area contributed by atoms with Gasteiger partial charge in [0.25, 0.3) is 5.91 Å². The van der Waals surface area contributed by atoms with Crippen LogP contribution in [-0.4, -0.2) is 43.4 Å². The van der Waals surface area contributed by atoms with Crippen LogP contribution < -0.4 is 0 Å². The highest BCUT2D eigenvalue weighted by atomic mass is 16.2. The van der Waals surface area contributed by atoms with E-state index in [0.29, 0.717) is 24.5 Å². The lowest BCUT2D eigenvalue weighted by atomic mass is 10.1. The number of aromatic nitrogens is 4. The van der Waals surface area contributed by atoms with Gasteiger partial charge in [-0.1, -0.05) is 12.1 Å². The standard InChI is InChI=1S/C17H19N5O/c1-4-22(5-2)17(23)13-8-6-12(7-9-13)15-18-10-14-16(20-15)21(3)11-19-14/h6-11H,4-5H2,1-3H3. The third kappa shape index (κ3) is 2.79. The van der Waals surface area contributed by atoms with Gasteiger partial charge in [0.1, 0.15) is 5.52 Å². The van der Waals surface area contributed by atoms with E-state index in [2.05, 4.69) is 15.0 Å². The van der Waals surface area contributed by atoms with E-state index >= 15 is 0 Å². The summed E-state index contributed by atoms with van der Waals surface area (Å²) in [5.41, 5.74) is 3.12. The van der Waals surface area contributed by atoms with Crippen molar-refractivity contribution in [1.29, 1.82) is 0 Å². The lowest BCUT2D eigenvalue weighted by Crippen LogP contribution is -2.30. The van der Waals surface area contributed by atoms with Gasteiger partial charge in [-0.05, 0) is 26.0 Å². The molecule has 0 unspecified atom stereocenters. The fourth-order valence-electron chi connectivity index (χ4n) is 2.51. The topological polar surface area (TPSA) is 63.9 Å². The zero-order valence-electron chi connectivity index (χ0n) is 13.5. The monoisotopic (exact) mass is 309 g/mol. The Kier molecular flexibility index (Phi) is 4.06. The molecule has 0 saturated heterocycles. The SMILES string of the molecule is CCN(CC)C(=O)c1ccc(-c2ncc3ncn(C)c3n2)cc1. The molecule has 0 aliphatic carbocycles. The van der Waals surface area contributed by atoms with E-state index in [-0.39, 0.29) is 5.91 Å². The van der Waals surface area contributed by atoms with Crippen LogP contribution in [0.15, 0.2) is 36.8 Å². The summed E-state index contributed by atoms with van der Waals surface area (Å²) < 4.78 is 1.86. The lowest BCUT2D eigenvalue weighted by Gasteiger charge is -2.18. The van der Waals surface area contributed by atoms with Gasteiger partial charge in [-0.15, -0.1) is 0 Å². The van der Waals surface area contributed by atoms with Crippen molar-refractivity contribution < 1.29 is 4.79 Å². The molecule has 0 radical (unpaired) electrons. The molecule has 0 fully saturated rings. The fraction of sp³-hybridized carbons (Fsp3) is 0.294. The number of fused-ring (bicyclic) bond motifs is 1. The molecule has 0 spiro atoms. The molecule has 118 valence electrons. The van der Waals surface area contributed by atoms with Crippen molar-refractivity contribution in [3.8, 4) is 11.4 Å². The number of hydrogen-bond acceptors (Lipinski definition) is 4. The van der Waals surface area contributed by atoms with Crippen LogP contribution in [0.1, 0.15) is 24.2 Å². The second-order valence-corrected chi connectivity index (χ2v) is 5.31. The largest absolute Gasteiger partial charge is 0.339 e. The Bertz CT molecular complexity index is 834. The molecule has 2 aromatic heterocycles. The van der Waals surface area contributed by atoms with Crippen LogP contribution in [0.5, 0.6) is 0 Å². The fourth-order valence-corrected chi connectivity index (χ4v) is 2.51. The summed E-state index contributed by atoms with van der Waals surface area (Å²) in [5.74, 6) is 0.674.